The number of nitrogens with two attached hydrogens (primary N) is 1. The number of aromatic nitrogens is 3. The molecule has 7 nitrogen and oxygen atoms in total. The van der Waals surface area contributed by atoms with E-state index < -0.39 is 35.1 Å². The zero-order chi connectivity index (χ0) is 23.5. The number of hydrogen-bond donors (Lipinski definition) is 1. The van der Waals surface area contributed by atoms with Crippen molar-refractivity contribution in [3.8, 4) is 0 Å². The number of amides is 1. The van der Waals surface area contributed by atoms with Gasteiger partial charge < -0.3 is 15.4 Å². The SMILES string of the molecule is CC(C)(C)OC(=O)N1CC(c2cn(C3(C(F)(F)F)CC3)nn2)C1.Cl.NC1(C(F)(F)F)CC1. The summed E-state index contributed by atoms with van der Waals surface area (Å²) in [5.74, 6) is -0.0969. The maximum atomic E-state index is 13.1. The molecule has 0 spiro atoms. The standard InChI is InChI=1S/C14H19F3N4O2.C4H6F3N.ClH/c1-12(2,3)23-11(22)20-6-9(7-20)10-8-21(19-18-10)13(4-5-13)14(15,16)17;5-4(6,7)3(8)1-2-3;/h8-9H,4-7H2,1-3H3;1-2,8H2;1H. The molecule has 32 heavy (non-hydrogen) atoms. The summed E-state index contributed by atoms with van der Waals surface area (Å²) in [6, 6.07) is 0. The molecule has 0 radical (unpaired) electrons. The molecule has 2 heterocycles. The summed E-state index contributed by atoms with van der Waals surface area (Å²) >= 11 is 0. The van der Waals surface area contributed by atoms with Gasteiger partial charge in [0.2, 0.25) is 0 Å². The lowest BCUT2D eigenvalue weighted by Gasteiger charge is -2.38. The fourth-order valence-electron chi connectivity index (χ4n) is 2.99. The van der Waals surface area contributed by atoms with E-state index in [0.717, 1.165) is 4.68 Å². The van der Waals surface area contributed by atoms with Crippen LogP contribution in [0.2, 0.25) is 0 Å². The van der Waals surface area contributed by atoms with Gasteiger partial charge in [0, 0.05) is 25.2 Å². The van der Waals surface area contributed by atoms with Crippen LogP contribution in [0.4, 0.5) is 31.1 Å². The summed E-state index contributed by atoms with van der Waals surface area (Å²) in [6.45, 7) is 6.10. The maximum Gasteiger partial charge on any atom is 0.413 e. The van der Waals surface area contributed by atoms with Crippen LogP contribution in [0.25, 0.3) is 0 Å². The molecule has 1 aromatic heterocycles. The molecule has 2 aliphatic carbocycles. The van der Waals surface area contributed by atoms with Crippen molar-refractivity contribution in [1.82, 2.24) is 19.9 Å². The second kappa shape index (κ2) is 8.23. The Balaban J connectivity index is 0.000000342. The monoisotopic (exact) mass is 493 g/mol. The third-order valence-electron chi connectivity index (χ3n) is 5.51. The number of carbonyl (C=O) groups is 1. The number of rotatable bonds is 2. The first-order valence-corrected chi connectivity index (χ1v) is 9.80. The van der Waals surface area contributed by atoms with Gasteiger partial charge in [-0.25, -0.2) is 9.48 Å². The van der Waals surface area contributed by atoms with Gasteiger partial charge in [0.25, 0.3) is 0 Å². The van der Waals surface area contributed by atoms with Crippen molar-refractivity contribution in [2.45, 2.75) is 81.4 Å². The molecule has 2 saturated carbocycles. The van der Waals surface area contributed by atoms with E-state index in [1.165, 1.54) is 11.1 Å². The van der Waals surface area contributed by atoms with E-state index in [1.54, 1.807) is 20.8 Å². The zero-order valence-electron chi connectivity index (χ0n) is 17.8. The lowest BCUT2D eigenvalue weighted by atomic mass is 9.97. The molecule has 0 unspecified atom stereocenters. The average molecular weight is 494 g/mol. The van der Waals surface area contributed by atoms with Crippen LogP contribution >= 0.6 is 12.4 Å². The number of ether oxygens (including phenoxy) is 1. The lowest BCUT2D eigenvalue weighted by molar-refractivity contribution is -0.183. The van der Waals surface area contributed by atoms with Crippen molar-refractivity contribution in [3.05, 3.63) is 11.9 Å². The minimum Gasteiger partial charge on any atom is -0.444 e. The van der Waals surface area contributed by atoms with E-state index in [2.05, 4.69) is 10.3 Å². The first-order chi connectivity index (χ1) is 14.0. The Kier molecular flexibility index (Phi) is 6.81. The summed E-state index contributed by atoms with van der Waals surface area (Å²) in [5, 5.41) is 7.52. The molecule has 1 aliphatic heterocycles. The van der Waals surface area contributed by atoms with E-state index >= 15 is 0 Å². The number of halogens is 7. The number of alkyl halides is 6. The highest BCUT2D eigenvalue weighted by Gasteiger charge is 2.66. The second-order valence-electron chi connectivity index (χ2n) is 9.35. The zero-order valence-corrected chi connectivity index (χ0v) is 18.6. The summed E-state index contributed by atoms with van der Waals surface area (Å²) in [5.41, 5.74) is 1.02. The summed E-state index contributed by atoms with van der Waals surface area (Å²) in [7, 11) is 0. The van der Waals surface area contributed by atoms with Crippen LogP contribution in [0.15, 0.2) is 6.20 Å². The number of carbonyl (C=O) groups excluding carboxylic acids is 1. The molecule has 184 valence electrons. The van der Waals surface area contributed by atoms with Crippen LogP contribution in [0.1, 0.15) is 58.1 Å². The van der Waals surface area contributed by atoms with Crippen molar-refractivity contribution < 1.29 is 35.9 Å². The molecular formula is C18H26ClF6N5O2. The van der Waals surface area contributed by atoms with Gasteiger partial charge in [-0.1, -0.05) is 5.21 Å². The Morgan fingerprint density at radius 2 is 1.59 bits per heavy atom. The van der Waals surface area contributed by atoms with Gasteiger partial charge in [-0.15, -0.1) is 17.5 Å². The van der Waals surface area contributed by atoms with Crippen LogP contribution in [0.3, 0.4) is 0 Å². The fourth-order valence-corrected chi connectivity index (χ4v) is 2.99. The highest BCUT2D eigenvalue weighted by molar-refractivity contribution is 5.85. The molecule has 3 fully saturated rings. The fraction of sp³-hybridized carbons (Fsp3) is 0.833. The summed E-state index contributed by atoms with van der Waals surface area (Å²) < 4.78 is 79.8. The Bertz CT molecular complexity index is 818. The second-order valence-corrected chi connectivity index (χ2v) is 9.35. The predicted molar refractivity (Wildman–Crippen MR) is 103 cm³/mol. The Morgan fingerprint density at radius 1 is 1.06 bits per heavy atom. The Labute approximate surface area is 187 Å². The summed E-state index contributed by atoms with van der Waals surface area (Å²) in [6.07, 6.45) is -7.30. The molecule has 3 aliphatic rings. The third kappa shape index (κ3) is 5.41. The van der Waals surface area contributed by atoms with Crippen molar-refractivity contribution >= 4 is 18.5 Å². The topological polar surface area (TPSA) is 86.3 Å². The number of hydrogen-bond acceptors (Lipinski definition) is 5. The summed E-state index contributed by atoms with van der Waals surface area (Å²) in [4.78, 5) is 13.3. The lowest BCUT2D eigenvalue weighted by Crippen LogP contribution is -2.50. The molecule has 4 rings (SSSR count). The molecular weight excluding hydrogens is 468 g/mol. The Hall–Kier alpha value is -1.76. The van der Waals surface area contributed by atoms with Gasteiger partial charge in [-0.05, 0) is 46.5 Å². The van der Waals surface area contributed by atoms with Crippen molar-refractivity contribution in [2.75, 3.05) is 13.1 Å². The molecule has 0 atom stereocenters. The third-order valence-corrected chi connectivity index (χ3v) is 5.51. The molecule has 1 saturated heterocycles. The van der Waals surface area contributed by atoms with Crippen LogP contribution in [0, 0.1) is 0 Å². The first kappa shape index (κ1) is 26.5. The van der Waals surface area contributed by atoms with Crippen LogP contribution in [0.5, 0.6) is 0 Å². The normalized spacial score (nSPS) is 21.5. The molecule has 1 amide bonds. The predicted octanol–water partition coefficient (Wildman–Crippen LogP) is 4.13. The minimum atomic E-state index is -4.32. The molecule has 14 heteroatoms. The van der Waals surface area contributed by atoms with Gasteiger partial charge in [-0.2, -0.15) is 26.3 Å². The van der Waals surface area contributed by atoms with E-state index in [0.29, 0.717) is 18.8 Å². The van der Waals surface area contributed by atoms with E-state index in [4.69, 9.17) is 10.5 Å². The van der Waals surface area contributed by atoms with E-state index in [9.17, 15) is 31.1 Å². The van der Waals surface area contributed by atoms with Gasteiger partial charge in [0.05, 0.1) is 5.69 Å². The average Bonchev–Trinajstić information content (AvgIpc) is 3.44. The maximum absolute atomic E-state index is 13.1. The number of likely N-dealkylation sites (tertiary alicyclic amines) is 1. The van der Waals surface area contributed by atoms with Gasteiger partial charge >= 0.3 is 18.4 Å². The Morgan fingerprint density at radius 3 is 1.94 bits per heavy atom. The quantitative estimate of drug-likeness (QED) is 0.626. The van der Waals surface area contributed by atoms with Crippen LogP contribution < -0.4 is 5.73 Å². The highest BCUT2D eigenvalue weighted by Crippen LogP contribution is 2.55. The smallest absolute Gasteiger partial charge is 0.413 e. The van der Waals surface area contributed by atoms with E-state index in [1.807, 2.05) is 0 Å². The van der Waals surface area contributed by atoms with Crippen LogP contribution in [-0.2, 0) is 10.3 Å². The van der Waals surface area contributed by atoms with Crippen LogP contribution in [-0.4, -0.2) is 62.6 Å². The van der Waals surface area contributed by atoms with Gasteiger partial charge in [0.1, 0.15) is 11.1 Å². The van der Waals surface area contributed by atoms with Gasteiger partial charge in [0.15, 0.2) is 5.54 Å². The number of nitrogens with zero attached hydrogens (tertiary/aromatic N) is 4. The minimum absolute atomic E-state index is 0. The molecule has 0 aromatic carbocycles. The van der Waals surface area contributed by atoms with Crippen molar-refractivity contribution in [3.63, 3.8) is 0 Å². The molecule has 2 N–H and O–H groups in total. The first-order valence-electron chi connectivity index (χ1n) is 9.80. The van der Waals surface area contributed by atoms with E-state index in [-0.39, 0.29) is 44.0 Å². The highest BCUT2D eigenvalue weighted by atomic mass is 35.5. The van der Waals surface area contributed by atoms with Crippen molar-refractivity contribution in [1.29, 1.82) is 0 Å². The largest absolute Gasteiger partial charge is 0.444 e. The molecule has 0 bridgehead atoms. The van der Waals surface area contributed by atoms with Gasteiger partial charge in [-0.3, -0.25) is 0 Å². The molecule has 1 aromatic rings. The van der Waals surface area contributed by atoms with Crippen molar-refractivity contribution in [2.24, 2.45) is 5.73 Å².